The van der Waals surface area contributed by atoms with Crippen LogP contribution in [0.25, 0.3) is 0 Å². The summed E-state index contributed by atoms with van der Waals surface area (Å²) in [7, 11) is 0. The van der Waals surface area contributed by atoms with E-state index in [1.165, 1.54) is 12.1 Å². The van der Waals surface area contributed by atoms with Crippen molar-refractivity contribution in [2.24, 2.45) is 0 Å². The summed E-state index contributed by atoms with van der Waals surface area (Å²) in [6.45, 7) is 1.62. The lowest BCUT2D eigenvalue weighted by Gasteiger charge is -2.31. The highest BCUT2D eigenvalue weighted by Gasteiger charge is 2.58. The van der Waals surface area contributed by atoms with E-state index in [0.29, 0.717) is 5.56 Å². The average Bonchev–Trinajstić information content (AvgIpc) is 2.54. The van der Waals surface area contributed by atoms with Crippen LogP contribution in [0.2, 0.25) is 0 Å². The number of hydrogen-bond donors (Lipinski definition) is 0. The van der Waals surface area contributed by atoms with Gasteiger partial charge in [0.2, 0.25) is 3.79 Å². The summed E-state index contributed by atoms with van der Waals surface area (Å²) in [5, 5.41) is 0. The lowest BCUT2D eigenvalue weighted by molar-refractivity contribution is -0.163. The molecule has 0 aliphatic heterocycles. The van der Waals surface area contributed by atoms with E-state index in [2.05, 4.69) is 0 Å². The largest absolute Gasteiger partial charge is 0.455 e. The summed E-state index contributed by atoms with van der Waals surface area (Å²) >= 11 is 17.3. The SMILES string of the molecule is CC(OC(=O)C(F)(c1ccccc1)C(Cl)(Cl)Cl)c1ccccc1. The molecule has 0 spiro atoms. The normalized spacial score (nSPS) is 15.5. The van der Waals surface area contributed by atoms with Gasteiger partial charge in [0.05, 0.1) is 0 Å². The molecule has 2 atom stereocenters. The maximum absolute atomic E-state index is 15.4. The third-order valence-corrected chi connectivity index (χ3v) is 4.18. The first-order chi connectivity index (χ1) is 10.8. The van der Waals surface area contributed by atoms with Crippen LogP contribution in [0.4, 0.5) is 4.39 Å². The van der Waals surface area contributed by atoms with Crippen molar-refractivity contribution in [2.45, 2.75) is 22.5 Å². The number of rotatable bonds is 4. The first kappa shape index (κ1) is 18.1. The highest BCUT2D eigenvalue weighted by molar-refractivity contribution is 6.69. The Labute approximate surface area is 149 Å². The Morgan fingerprint density at radius 1 is 1.00 bits per heavy atom. The summed E-state index contributed by atoms with van der Waals surface area (Å²) in [6, 6.07) is 16.4. The topological polar surface area (TPSA) is 26.3 Å². The van der Waals surface area contributed by atoms with Gasteiger partial charge in [0.15, 0.2) is 0 Å². The predicted octanol–water partition coefficient (Wildman–Crippen LogP) is 5.53. The van der Waals surface area contributed by atoms with Crippen molar-refractivity contribution in [1.82, 2.24) is 0 Å². The van der Waals surface area contributed by atoms with E-state index in [9.17, 15) is 4.79 Å². The smallest absolute Gasteiger partial charge is 0.353 e. The van der Waals surface area contributed by atoms with Crippen LogP contribution in [0, 0.1) is 0 Å². The molecule has 2 aromatic rings. The fourth-order valence-electron chi connectivity index (χ4n) is 2.10. The van der Waals surface area contributed by atoms with Gasteiger partial charge < -0.3 is 4.74 Å². The minimum Gasteiger partial charge on any atom is -0.455 e. The molecule has 0 amide bonds. The first-order valence-electron chi connectivity index (χ1n) is 6.84. The van der Waals surface area contributed by atoms with Gasteiger partial charge in [0.1, 0.15) is 6.10 Å². The van der Waals surface area contributed by atoms with Crippen LogP contribution in [0.15, 0.2) is 60.7 Å². The zero-order valence-electron chi connectivity index (χ0n) is 12.2. The van der Waals surface area contributed by atoms with Gasteiger partial charge in [-0.15, -0.1) is 0 Å². The second-order valence-corrected chi connectivity index (χ2v) is 7.26. The standard InChI is InChI=1S/C17H14Cl3FO2/c1-12(13-8-4-2-5-9-13)23-15(22)16(21,17(18,19)20)14-10-6-3-7-11-14/h2-12H,1H3. The van der Waals surface area contributed by atoms with Crippen LogP contribution in [0.1, 0.15) is 24.2 Å². The van der Waals surface area contributed by atoms with E-state index in [0.717, 1.165) is 0 Å². The molecule has 122 valence electrons. The Bertz CT molecular complexity index is 659. The number of carbonyl (C=O) groups excluding carboxylic acids is 1. The number of alkyl halides is 4. The zero-order chi connectivity index (χ0) is 17.1. The van der Waals surface area contributed by atoms with Crippen LogP contribution in [0.3, 0.4) is 0 Å². The lowest BCUT2D eigenvalue weighted by Crippen LogP contribution is -2.44. The van der Waals surface area contributed by atoms with Crippen LogP contribution < -0.4 is 0 Å². The third kappa shape index (κ3) is 3.79. The second kappa shape index (κ2) is 7.08. The number of carbonyl (C=O) groups is 1. The summed E-state index contributed by atoms with van der Waals surface area (Å²) in [5.74, 6) is -1.25. The molecule has 0 N–H and O–H groups in total. The average molecular weight is 376 g/mol. The van der Waals surface area contributed by atoms with Crippen LogP contribution >= 0.6 is 34.8 Å². The first-order valence-corrected chi connectivity index (χ1v) is 7.97. The molecular formula is C17H14Cl3FO2. The molecule has 6 heteroatoms. The van der Waals surface area contributed by atoms with Gasteiger partial charge in [0.25, 0.3) is 5.67 Å². The van der Waals surface area contributed by atoms with Gasteiger partial charge in [0, 0.05) is 5.56 Å². The van der Waals surface area contributed by atoms with Gasteiger partial charge in [-0.1, -0.05) is 95.5 Å². The number of hydrogen-bond acceptors (Lipinski definition) is 2. The van der Waals surface area contributed by atoms with Crippen molar-refractivity contribution in [3.8, 4) is 0 Å². The zero-order valence-corrected chi connectivity index (χ0v) is 14.4. The van der Waals surface area contributed by atoms with Gasteiger partial charge in [-0.3, -0.25) is 0 Å². The molecule has 0 saturated heterocycles. The molecule has 0 radical (unpaired) electrons. The Hall–Kier alpha value is -1.29. The van der Waals surface area contributed by atoms with E-state index in [-0.39, 0.29) is 5.56 Å². The third-order valence-electron chi connectivity index (χ3n) is 3.40. The molecule has 0 saturated carbocycles. The van der Waals surface area contributed by atoms with Crippen molar-refractivity contribution in [1.29, 1.82) is 0 Å². The molecule has 0 heterocycles. The maximum atomic E-state index is 15.4. The molecule has 2 nitrogen and oxygen atoms in total. The summed E-state index contributed by atoms with van der Waals surface area (Å²) < 4.78 is 18.1. The van der Waals surface area contributed by atoms with E-state index in [1.54, 1.807) is 49.4 Å². The highest BCUT2D eigenvalue weighted by Crippen LogP contribution is 2.49. The van der Waals surface area contributed by atoms with Gasteiger partial charge in [-0.05, 0) is 12.5 Å². The number of esters is 1. The minimum absolute atomic E-state index is 0.0785. The van der Waals surface area contributed by atoms with Crippen LogP contribution in [-0.4, -0.2) is 9.76 Å². The Balaban J connectivity index is 2.32. The van der Waals surface area contributed by atoms with E-state index in [1.807, 2.05) is 6.07 Å². The van der Waals surface area contributed by atoms with Crippen molar-refractivity contribution in [2.75, 3.05) is 0 Å². The molecule has 0 aliphatic rings. The molecule has 2 unspecified atom stereocenters. The number of ether oxygens (including phenoxy) is 1. The summed E-state index contributed by atoms with van der Waals surface area (Å²) in [4.78, 5) is 12.4. The number of benzene rings is 2. The molecular weight excluding hydrogens is 362 g/mol. The molecule has 2 rings (SSSR count). The Kier molecular flexibility index (Phi) is 5.56. The number of halogens is 4. The fourth-order valence-corrected chi connectivity index (χ4v) is 2.66. The summed E-state index contributed by atoms with van der Waals surface area (Å²) in [6.07, 6.45) is -0.685. The quantitative estimate of drug-likeness (QED) is 0.519. The highest BCUT2D eigenvalue weighted by atomic mass is 35.6. The molecule has 0 aromatic heterocycles. The Morgan fingerprint density at radius 2 is 1.48 bits per heavy atom. The van der Waals surface area contributed by atoms with Crippen LogP contribution in [0.5, 0.6) is 0 Å². The molecule has 0 fully saturated rings. The minimum atomic E-state index is -2.91. The van der Waals surface area contributed by atoms with Crippen LogP contribution in [-0.2, 0) is 15.2 Å². The van der Waals surface area contributed by atoms with Crippen molar-refractivity contribution < 1.29 is 13.9 Å². The maximum Gasteiger partial charge on any atom is 0.353 e. The van der Waals surface area contributed by atoms with Crippen molar-refractivity contribution >= 4 is 40.8 Å². The van der Waals surface area contributed by atoms with E-state index in [4.69, 9.17) is 39.5 Å². The molecule has 2 aromatic carbocycles. The molecule has 0 bridgehead atoms. The predicted molar refractivity (Wildman–Crippen MR) is 90.5 cm³/mol. The Morgan fingerprint density at radius 3 is 1.96 bits per heavy atom. The summed E-state index contributed by atoms with van der Waals surface area (Å²) in [5.41, 5.74) is -2.28. The van der Waals surface area contributed by atoms with E-state index >= 15 is 4.39 Å². The lowest BCUT2D eigenvalue weighted by atomic mass is 9.97. The van der Waals surface area contributed by atoms with Gasteiger partial charge >= 0.3 is 5.97 Å². The molecule has 23 heavy (non-hydrogen) atoms. The fraction of sp³-hybridized carbons (Fsp3) is 0.235. The monoisotopic (exact) mass is 374 g/mol. The molecule has 0 aliphatic carbocycles. The van der Waals surface area contributed by atoms with Gasteiger partial charge in [-0.2, -0.15) is 0 Å². The van der Waals surface area contributed by atoms with Crippen molar-refractivity contribution in [3.63, 3.8) is 0 Å². The second-order valence-electron chi connectivity index (χ2n) is 4.98. The van der Waals surface area contributed by atoms with E-state index < -0.39 is 21.5 Å². The van der Waals surface area contributed by atoms with Gasteiger partial charge in [-0.25, -0.2) is 9.18 Å². The van der Waals surface area contributed by atoms with Crippen molar-refractivity contribution in [3.05, 3.63) is 71.8 Å².